The molecular weight excluding hydrogens is 330 g/mol. The Bertz CT molecular complexity index is 1020. The Morgan fingerprint density at radius 1 is 1.12 bits per heavy atom. The van der Waals surface area contributed by atoms with Gasteiger partial charge in [0.2, 0.25) is 5.89 Å². The Hall–Kier alpha value is -3.74. The Kier molecular flexibility index (Phi) is 4.03. The highest BCUT2D eigenvalue weighted by Crippen LogP contribution is 2.25. The molecule has 0 saturated carbocycles. The van der Waals surface area contributed by atoms with Gasteiger partial charge in [-0.2, -0.15) is 0 Å². The third-order valence-electron chi connectivity index (χ3n) is 3.97. The minimum Gasteiger partial charge on any atom is -0.445 e. The van der Waals surface area contributed by atoms with Crippen LogP contribution >= 0.6 is 0 Å². The topological polar surface area (TPSA) is 85.8 Å². The van der Waals surface area contributed by atoms with Gasteiger partial charge in [-0.05, 0) is 48.9 Å². The summed E-state index contributed by atoms with van der Waals surface area (Å²) in [5, 5.41) is 10.6. The minimum atomic E-state index is -0.197. The number of rotatable bonds is 4. The highest BCUT2D eigenvalue weighted by molar-refractivity contribution is 6.04. The van der Waals surface area contributed by atoms with Crippen molar-refractivity contribution in [2.45, 2.75) is 6.92 Å². The molecule has 2 aromatic carbocycles. The number of carbonyl (C=O) groups is 1. The maximum atomic E-state index is 12.5. The van der Waals surface area contributed by atoms with Crippen molar-refractivity contribution in [3.8, 4) is 17.1 Å². The van der Waals surface area contributed by atoms with Crippen molar-refractivity contribution in [2.24, 2.45) is 0 Å². The summed E-state index contributed by atoms with van der Waals surface area (Å²) in [5.74, 6) is 0.327. The van der Waals surface area contributed by atoms with E-state index in [0.29, 0.717) is 17.1 Å². The van der Waals surface area contributed by atoms with Gasteiger partial charge in [0.1, 0.15) is 6.26 Å². The second-order valence-electron chi connectivity index (χ2n) is 5.72. The van der Waals surface area contributed by atoms with Gasteiger partial charge in [-0.1, -0.05) is 11.3 Å². The van der Waals surface area contributed by atoms with E-state index >= 15 is 0 Å². The van der Waals surface area contributed by atoms with Gasteiger partial charge in [0.05, 0.1) is 24.3 Å². The molecular formula is C19H15N5O2. The molecule has 0 radical (unpaired) electrons. The van der Waals surface area contributed by atoms with Crippen LogP contribution in [0.5, 0.6) is 0 Å². The molecule has 0 fully saturated rings. The Labute approximate surface area is 149 Å². The molecule has 1 amide bonds. The molecule has 0 unspecified atom stereocenters. The lowest BCUT2D eigenvalue weighted by atomic mass is 10.1. The van der Waals surface area contributed by atoms with Crippen LogP contribution in [-0.4, -0.2) is 25.9 Å². The lowest BCUT2D eigenvalue weighted by Gasteiger charge is -2.09. The van der Waals surface area contributed by atoms with Gasteiger partial charge in [-0.15, -0.1) is 5.10 Å². The van der Waals surface area contributed by atoms with Crippen molar-refractivity contribution >= 4 is 11.6 Å². The second kappa shape index (κ2) is 6.64. The number of hydrogen-bond acceptors (Lipinski definition) is 5. The monoisotopic (exact) mass is 345 g/mol. The van der Waals surface area contributed by atoms with Crippen LogP contribution in [0.4, 0.5) is 5.69 Å². The van der Waals surface area contributed by atoms with Crippen LogP contribution < -0.4 is 5.32 Å². The van der Waals surface area contributed by atoms with Gasteiger partial charge < -0.3 is 9.73 Å². The first-order valence-corrected chi connectivity index (χ1v) is 7.99. The number of aryl methyl sites for hydroxylation is 1. The van der Waals surface area contributed by atoms with Gasteiger partial charge in [0.25, 0.3) is 5.91 Å². The molecule has 2 heterocycles. The Morgan fingerprint density at radius 3 is 2.65 bits per heavy atom. The predicted molar refractivity (Wildman–Crippen MR) is 96.0 cm³/mol. The summed E-state index contributed by atoms with van der Waals surface area (Å²) >= 11 is 0. The highest BCUT2D eigenvalue weighted by atomic mass is 16.3. The number of carbonyl (C=O) groups excluding carboxylic acids is 1. The van der Waals surface area contributed by atoms with E-state index in [2.05, 4.69) is 20.6 Å². The summed E-state index contributed by atoms with van der Waals surface area (Å²) in [6.07, 6.45) is 6.46. The molecule has 2 aromatic heterocycles. The first-order valence-electron chi connectivity index (χ1n) is 7.99. The zero-order chi connectivity index (χ0) is 17.9. The van der Waals surface area contributed by atoms with E-state index in [-0.39, 0.29) is 5.91 Å². The second-order valence-corrected chi connectivity index (χ2v) is 5.72. The molecule has 0 atom stereocenters. The molecule has 0 aliphatic carbocycles. The third kappa shape index (κ3) is 3.10. The van der Waals surface area contributed by atoms with Crippen molar-refractivity contribution in [2.75, 3.05) is 5.32 Å². The summed E-state index contributed by atoms with van der Waals surface area (Å²) < 4.78 is 6.99. The van der Waals surface area contributed by atoms with E-state index in [1.807, 2.05) is 37.3 Å². The van der Waals surface area contributed by atoms with E-state index in [4.69, 9.17) is 4.42 Å². The summed E-state index contributed by atoms with van der Waals surface area (Å²) in [5.41, 5.74) is 3.92. The maximum absolute atomic E-state index is 12.5. The van der Waals surface area contributed by atoms with Crippen LogP contribution in [0.3, 0.4) is 0 Å². The Balaban J connectivity index is 1.54. The predicted octanol–water partition coefficient (Wildman–Crippen LogP) is 3.48. The normalized spacial score (nSPS) is 10.7. The number of amides is 1. The summed E-state index contributed by atoms with van der Waals surface area (Å²) in [6.45, 7) is 1.97. The molecule has 4 rings (SSSR count). The van der Waals surface area contributed by atoms with Crippen LogP contribution in [0.2, 0.25) is 0 Å². The average Bonchev–Trinajstić information content (AvgIpc) is 3.37. The molecule has 0 aliphatic rings. The number of aromatic nitrogens is 4. The molecule has 128 valence electrons. The van der Waals surface area contributed by atoms with Crippen molar-refractivity contribution in [1.29, 1.82) is 0 Å². The van der Waals surface area contributed by atoms with Gasteiger partial charge in [0.15, 0.2) is 0 Å². The van der Waals surface area contributed by atoms with E-state index in [1.54, 1.807) is 35.4 Å². The van der Waals surface area contributed by atoms with Crippen LogP contribution in [-0.2, 0) is 0 Å². The van der Waals surface area contributed by atoms with Crippen LogP contribution in [0, 0.1) is 6.92 Å². The zero-order valence-corrected chi connectivity index (χ0v) is 14.0. The van der Waals surface area contributed by atoms with Crippen LogP contribution in [0.1, 0.15) is 15.9 Å². The molecule has 0 saturated heterocycles. The molecule has 26 heavy (non-hydrogen) atoms. The van der Waals surface area contributed by atoms with Gasteiger partial charge in [-0.3, -0.25) is 4.79 Å². The average molecular weight is 345 g/mol. The third-order valence-corrected chi connectivity index (χ3v) is 3.97. The quantitative estimate of drug-likeness (QED) is 0.612. The van der Waals surface area contributed by atoms with Crippen molar-refractivity contribution in [1.82, 2.24) is 20.0 Å². The fraction of sp³-hybridized carbons (Fsp3) is 0.0526. The summed E-state index contributed by atoms with van der Waals surface area (Å²) in [7, 11) is 0. The molecule has 0 aliphatic heterocycles. The van der Waals surface area contributed by atoms with E-state index in [9.17, 15) is 4.79 Å². The van der Waals surface area contributed by atoms with Crippen molar-refractivity contribution in [3.63, 3.8) is 0 Å². The van der Waals surface area contributed by atoms with Crippen molar-refractivity contribution in [3.05, 3.63) is 78.4 Å². The number of oxazole rings is 1. The van der Waals surface area contributed by atoms with Crippen LogP contribution in [0.15, 0.2) is 71.7 Å². The number of benzene rings is 2. The van der Waals surface area contributed by atoms with Crippen molar-refractivity contribution < 1.29 is 9.21 Å². The largest absolute Gasteiger partial charge is 0.445 e. The maximum Gasteiger partial charge on any atom is 0.255 e. The summed E-state index contributed by atoms with van der Waals surface area (Å²) in [4.78, 5) is 16.7. The molecule has 0 bridgehead atoms. The van der Waals surface area contributed by atoms with E-state index in [0.717, 1.165) is 16.8 Å². The molecule has 7 nitrogen and oxygen atoms in total. The lowest BCUT2D eigenvalue weighted by molar-refractivity contribution is 0.102. The molecule has 7 heteroatoms. The number of nitrogens with zero attached hydrogens (tertiary/aromatic N) is 4. The fourth-order valence-electron chi connectivity index (χ4n) is 2.60. The smallest absolute Gasteiger partial charge is 0.255 e. The first kappa shape index (κ1) is 15.8. The summed E-state index contributed by atoms with van der Waals surface area (Å²) in [6, 6.07) is 12.7. The zero-order valence-electron chi connectivity index (χ0n) is 14.0. The van der Waals surface area contributed by atoms with Crippen LogP contribution in [0.25, 0.3) is 17.1 Å². The van der Waals surface area contributed by atoms with E-state index < -0.39 is 0 Å². The van der Waals surface area contributed by atoms with Gasteiger partial charge in [0, 0.05) is 16.8 Å². The van der Waals surface area contributed by atoms with Gasteiger partial charge in [-0.25, -0.2) is 9.67 Å². The SMILES string of the molecule is Cc1ccc(NC(=O)c2ccc(-n3ccnn3)cc2)cc1-c1ncco1. The molecule has 0 spiro atoms. The van der Waals surface area contributed by atoms with E-state index in [1.165, 1.54) is 6.26 Å². The highest BCUT2D eigenvalue weighted by Gasteiger charge is 2.11. The number of hydrogen-bond donors (Lipinski definition) is 1. The lowest BCUT2D eigenvalue weighted by Crippen LogP contribution is -2.12. The standard InChI is InChI=1S/C19H15N5O2/c1-13-2-5-15(12-17(13)19-20-9-11-26-19)22-18(25)14-3-6-16(7-4-14)24-10-8-21-23-24/h2-12H,1H3,(H,22,25). The minimum absolute atomic E-state index is 0.197. The molecule has 1 N–H and O–H groups in total. The Morgan fingerprint density at radius 2 is 1.96 bits per heavy atom. The van der Waals surface area contributed by atoms with Gasteiger partial charge >= 0.3 is 0 Å². The molecule has 4 aromatic rings. The number of anilines is 1. The fourth-order valence-corrected chi connectivity index (χ4v) is 2.60. The first-order chi connectivity index (χ1) is 12.7. The number of nitrogens with one attached hydrogen (secondary N) is 1.